The predicted octanol–water partition coefficient (Wildman–Crippen LogP) is 3.77. The van der Waals surface area contributed by atoms with Crippen LogP contribution in [0, 0.1) is 10.1 Å². The molecule has 0 amide bonds. The molecule has 0 aromatic heterocycles. The highest BCUT2D eigenvalue weighted by Gasteiger charge is 2.13. The van der Waals surface area contributed by atoms with Gasteiger partial charge in [0.25, 0.3) is 0 Å². The van der Waals surface area contributed by atoms with Crippen molar-refractivity contribution in [2.24, 2.45) is 0 Å². The Bertz CT molecular complexity index is 488. The number of ether oxygens (including phenoxy) is 2. The monoisotopic (exact) mass is 285 g/mol. The van der Waals surface area contributed by atoms with Gasteiger partial charge in [0.2, 0.25) is 6.20 Å². The van der Waals surface area contributed by atoms with E-state index in [1.54, 1.807) is 12.1 Å². The standard InChI is InChI=1S/C13H16ClNO4/c1-4-9(2)19-13-11(14)7-10(5-6-15(16)17)8-12(13)18-3/h5-9H,4H2,1-3H3. The van der Waals surface area contributed by atoms with Gasteiger partial charge >= 0.3 is 0 Å². The molecule has 0 spiro atoms. The Morgan fingerprint density at radius 1 is 1.53 bits per heavy atom. The van der Waals surface area contributed by atoms with E-state index in [1.807, 2.05) is 13.8 Å². The molecule has 0 radical (unpaired) electrons. The van der Waals surface area contributed by atoms with Gasteiger partial charge in [-0.3, -0.25) is 10.1 Å². The van der Waals surface area contributed by atoms with Crippen LogP contribution in [0.1, 0.15) is 25.8 Å². The van der Waals surface area contributed by atoms with Gasteiger partial charge in [-0.15, -0.1) is 0 Å². The van der Waals surface area contributed by atoms with E-state index in [9.17, 15) is 10.1 Å². The Morgan fingerprint density at radius 3 is 2.74 bits per heavy atom. The molecule has 1 aromatic carbocycles. The normalized spacial score (nSPS) is 12.4. The highest BCUT2D eigenvalue weighted by atomic mass is 35.5. The highest BCUT2D eigenvalue weighted by molar-refractivity contribution is 6.32. The van der Waals surface area contributed by atoms with E-state index in [-0.39, 0.29) is 6.10 Å². The summed E-state index contributed by atoms with van der Waals surface area (Å²) in [5, 5.41) is 10.7. The van der Waals surface area contributed by atoms with Crippen molar-refractivity contribution in [2.45, 2.75) is 26.4 Å². The number of rotatable bonds is 6. The summed E-state index contributed by atoms with van der Waals surface area (Å²) in [6.45, 7) is 3.93. The average molecular weight is 286 g/mol. The van der Waals surface area contributed by atoms with Gasteiger partial charge in [0.1, 0.15) is 0 Å². The van der Waals surface area contributed by atoms with Crippen LogP contribution >= 0.6 is 11.6 Å². The summed E-state index contributed by atoms with van der Waals surface area (Å²) in [5.41, 5.74) is 0.579. The molecule has 0 aliphatic heterocycles. The van der Waals surface area contributed by atoms with Crippen molar-refractivity contribution in [3.05, 3.63) is 39.0 Å². The number of nitrogens with zero attached hydrogens (tertiary/aromatic N) is 1. The van der Waals surface area contributed by atoms with Crippen LogP contribution in [0.2, 0.25) is 5.02 Å². The van der Waals surface area contributed by atoms with Crippen molar-refractivity contribution in [1.82, 2.24) is 0 Å². The number of nitro groups is 1. The third kappa shape index (κ3) is 4.44. The molecule has 1 rings (SSSR count). The fourth-order valence-electron chi connectivity index (χ4n) is 1.38. The molecule has 0 saturated carbocycles. The van der Waals surface area contributed by atoms with Gasteiger partial charge < -0.3 is 9.47 Å². The Kier molecular flexibility index (Phi) is 5.63. The lowest BCUT2D eigenvalue weighted by Crippen LogP contribution is -2.11. The van der Waals surface area contributed by atoms with Gasteiger partial charge in [0.15, 0.2) is 11.5 Å². The molecule has 5 nitrogen and oxygen atoms in total. The molecule has 0 bridgehead atoms. The first-order chi connectivity index (χ1) is 8.97. The fraction of sp³-hybridized carbons (Fsp3) is 0.385. The third-order valence-electron chi connectivity index (χ3n) is 2.53. The molecule has 19 heavy (non-hydrogen) atoms. The number of hydrogen-bond donors (Lipinski definition) is 0. The first kappa shape index (κ1) is 15.3. The quantitative estimate of drug-likeness (QED) is 0.589. The first-order valence-electron chi connectivity index (χ1n) is 5.83. The summed E-state index contributed by atoms with van der Waals surface area (Å²) in [6.07, 6.45) is 3.04. The summed E-state index contributed by atoms with van der Waals surface area (Å²) < 4.78 is 10.9. The Hall–Kier alpha value is -1.75. The van der Waals surface area contributed by atoms with Crippen LogP contribution in [0.25, 0.3) is 6.08 Å². The lowest BCUT2D eigenvalue weighted by atomic mass is 10.2. The van der Waals surface area contributed by atoms with Crippen molar-refractivity contribution in [3.8, 4) is 11.5 Å². The second-order valence-electron chi connectivity index (χ2n) is 3.97. The zero-order valence-corrected chi connectivity index (χ0v) is 11.8. The molecule has 104 valence electrons. The van der Waals surface area contributed by atoms with E-state index in [1.165, 1.54) is 13.2 Å². The minimum atomic E-state index is -0.538. The molecule has 0 saturated heterocycles. The molecule has 1 atom stereocenters. The highest BCUT2D eigenvalue weighted by Crippen LogP contribution is 2.37. The largest absolute Gasteiger partial charge is 0.493 e. The minimum absolute atomic E-state index is 0.00608. The molecular weight excluding hydrogens is 270 g/mol. The van der Waals surface area contributed by atoms with Crippen LogP contribution < -0.4 is 9.47 Å². The molecule has 6 heteroatoms. The van der Waals surface area contributed by atoms with Crippen LogP contribution in [-0.2, 0) is 0 Å². The zero-order valence-electron chi connectivity index (χ0n) is 11.1. The van der Waals surface area contributed by atoms with Gasteiger partial charge in [-0.05, 0) is 31.0 Å². The molecule has 0 heterocycles. The molecule has 1 unspecified atom stereocenters. The van der Waals surface area contributed by atoms with Crippen molar-refractivity contribution in [3.63, 3.8) is 0 Å². The summed E-state index contributed by atoms with van der Waals surface area (Å²) in [6, 6.07) is 3.24. The molecule has 0 aliphatic rings. The topological polar surface area (TPSA) is 61.6 Å². The average Bonchev–Trinajstić information content (AvgIpc) is 2.38. The number of halogens is 1. The Balaban J connectivity index is 3.10. The summed E-state index contributed by atoms with van der Waals surface area (Å²) >= 11 is 6.12. The zero-order chi connectivity index (χ0) is 14.4. The summed E-state index contributed by atoms with van der Waals surface area (Å²) in [5.74, 6) is 0.910. The van der Waals surface area contributed by atoms with Gasteiger partial charge in [0.05, 0.1) is 23.2 Å². The molecule has 0 aliphatic carbocycles. The van der Waals surface area contributed by atoms with E-state index < -0.39 is 4.92 Å². The SMILES string of the molecule is CCC(C)Oc1c(Cl)cc(C=C[N+](=O)[O-])cc1OC. The maximum absolute atomic E-state index is 10.3. The van der Waals surface area contributed by atoms with E-state index in [2.05, 4.69) is 0 Å². The summed E-state index contributed by atoms with van der Waals surface area (Å²) in [7, 11) is 1.50. The lowest BCUT2D eigenvalue weighted by Gasteiger charge is -2.17. The molecule has 0 N–H and O–H groups in total. The number of hydrogen-bond acceptors (Lipinski definition) is 4. The van der Waals surface area contributed by atoms with Crippen molar-refractivity contribution >= 4 is 17.7 Å². The van der Waals surface area contributed by atoms with Crippen LogP contribution in [0.5, 0.6) is 11.5 Å². The Labute approximate surface area is 116 Å². The fourth-order valence-corrected chi connectivity index (χ4v) is 1.65. The van der Waals surface area contributed by atoms with E-state index in [0.29, 0.717) is 22.1 Å². The minimum Gasteiger partial charge on any atom is -0.493 e. The number of methoxy groups -OCH3 is 1. The van der Waals surface area contributed by atoms with Gasteiger partial charge in [-0.2, -0.15) is 0 Å². The summed E-state index contributed by atoms with van der Waals surface area (Å²) in [4.78, 5) is 9.76. The second kappa shape index (κ2) is 6.99. The van der Waals surface area contributed by atoms with Crippen molar-refractivity contribution in [2.75, 3.05) is 7.11 Å². The van der Waals surface area contributed by atoms with E-state index in [0.717, 1.165) is 12.6 Å². The Morgan fingerprint density at radius 2 is 2.21 bits per heavy atom. The number of benzene rings is 1. The van der Waals surface area contributed by atoms with Crippen molar-refractivity contribution in [1.29, 1.82) is 0 Å². The molecular formula is C13H16ClNO4. The van der Waals surface area contributed by atoms with Crippen LogP contribution in [0.4, 0.5) is 0 Å². The maximum atomic E-state index is 10.3. The third-order valence-corrected chi connectivity index (χ3v) is 2.82. The van der Waals surface area contributed by atoms with Gasteiger partial charge in [0, 0.05) is 6.08 Å². The van der Waals surface area contributed by atoms with Crippen LogP contribution in [0.3, 0.4) is 0 Å². The van der Waals surface area contributed by atoms with Gasteiger partial charge in [-0.1, -0.05) is 18.5 Å². The molecule has 0 fully saturated rings. The second-order valence-corrected chi connectivity index (χ2v) is 4.38. The van der Waals surface area contributed by atoms with E-state index >= 15 is 0 Å². The molecule has 1 aromatic rings. The maximum Gasteiger partial charge on any atom is 0.235 e. The van der Waals surface area contributed by atoms with Crippen LogP contribution in [0.15, 0.2) is 18.3 Å². The van der Waals surface area contributed by atoms with Crippen LogP contribution in [-0.4, -0.2) is 18.1 Å². The lowest BCUT2D eigenvalue weighted by molar-refractivity contribution is -0.400. The predicted molar refractivity (Wildman–Crippen MR) is 74.4 cm³/mol. The van der Waals surface area contributed by atoms with Gasteiger partial charge in [-0.25, -0.2) is 0 Å². The first-order valence-corrected chi connectivity index (χ1v) is 6.21. The van der Waals surface area contributed by atoms with E-state index in [4.69, 9.17) is 21.1 Å². The smallest absolute Gasteiger partial charge is 0.235 e. The van der Waals surface area contributed by atoms with Crippen molar-refractivity contribution < 1.29 is 14.4 Å².